The van der Waals surface area contributed by atoms with Crippen molar-refractivity contribution in [2.75, 3.05) is 32.7 Å². The van der Waals surface area contributed by atoms with E-state index in [1.807, 2.05) is 0 Å². The molecule has 1 fully saturated rings. The van der Waals surface area contributed by atoms with Gasteiger partial charge in [0.05, 0.1) is 6.10 Å². The van der Waals surface area contributed by atoms with E-state index in [0.717, 1.165) is 45.6 Å². The number of benzene rings is 1. The van der Waals surface area contributed by atoms with Crippen molar-refractivity contribution in [1.82, 2.24) is 10.2 Å². The zero-order valence-corrected chi connectivity index (χ0v) is 13.5. The molecule has 3 heteroatoms. The van der Waals surface area contributed by atoms with Crippen LogP contribution in [0.1, 0.15) is 38.7 Å². The second kappa shape index (κ2) is 7.92. The fraction of sp³-hybridized carbons (Fsp3) is 0.667. The number of likely N-dealkylation sites (tertiary alicyclic amines) is 1. The van der Waals surface area contributed by atoms with Crippen LogP contribution in [-0.4, -0.2) is 48.8 Å². The molecule has 1 aromatic rings. The van der Waals surface area contributed by atoms with Gasteiger partial charge >= 0.3 is 0 Å². The summed E-state index contributed by atoms with van der Waals surface area (Å²) in [7, 11) is 0. The van der Waals surface area contributed by atoms with Crippen molar-refractivity contribution in [2.24, 2.45) is 0 Å². The largest absolute Gasteiger partial charge is 0.393 e. The van der Waals surface area contributed by atoms with E-state index in [2.05, 4.69) is 54.4 Å². The molecule has 1 aromatic carbocycles. The summed E-state index contributed by atoms with van der Waals surface area (Å²) in [6.07, 6.45) is 3.00. The predicted octanol–water partition coefficient (Wildman–Crippen LogP) is 2.40. The van der Waals surface area contributed by atoms with Crippen LogP contribution in [0.4, 0.5) is 0 Å². The molecule has 0 bridgehead atoms. The Bertz CT molecular complexity index is 397. The van der Waals surface area contributed by atoms with Crippen LogP contribution in [0.3, 0.4) is 0 Å². The molecule has 0 saturated carbocycles. The zero-order chi connectivity index (χ0) is 15.1. The summed E-state index contributed by atoms with van der Waals surface area (Å²) < 4.78 is 0. The number of rotatable bonds is 7. The van der Waals surface area contributed by atoms with E-state index in [1.54, 1.807) is 0 Å². The number of hydrogen-bond donors (Lipinski definition) is 2. The van der Waals surface area contributed by atoms with Gasteiger partial charge in [-0.1, -0.05) is 44.2 Å². The molecule has 1 saturated heterocycles. The van der Waals surface area contributed by atoms with Gasteiger partial charge in [0.25, 0.3) is 0 Å². The smallest absolute Gasteiger partial charge is 0.0564 e. The van der Waals surface area contributed by atoms with Crippen LogP contribution in [0.25, 0.3) is 0 Å². The van der Waals surface area contributed by atoms with Crippen molar-refractivity contribution in [3.63, 3.8) is 0 Å². The Morgan fingerprint density at radius 2 is 1.86 bits per heavy atom. The average molecular weight is 290 g/mol. The van der Waals surface area contributed by atoms with E-state index in [9.17, 15) is 5.11 Å². The van der Waals surface area contributed by atoms with E-state index in [1.165, 1.54) is 12.0 Å². The monoisotopic (exact) mass is 290 g/mol. The maximum absolute atomic E-state index is 9.50. The first-order chi connectivity index (χ1) is 10.1. The van der Waals surface area contributed by atoms with Gasteiger partial charge in [0.2, 0.25) is 0 Å². The molecular weight excluding hydrogens is 260 g/mol. The van der Waals surface area contributed by atoms with Gasteiger partial charge in [0.1, 0.15) is 0 Å². The minimum atomic E-state index is -0.0638. The van der Waals surface area contributed by atoms with Crippen LogP contribution in [-0.2, 0) is 5.41 Å². The van der Waals surface area contributed by atoms with Crippen molar-refractivity contribution in [3.8, 4) is 0 Å². The van der Waals surface area contributed by atoms with Gasteiger partial charge in [-0.15, -0.1) is 0 Å². The molecule has 2 N–H and O–H groups in total. The molecule has 21 heavy (non-hydrogen) atoms. The molecule has 0 aromatic heterocycles. The van der Waals surface area contributed by atoms with E-state index >= 15 is 0 Å². The molecule has 1 aliphatic heterocycles. The standard InChI is InChI=1S/C18H30N2O/c1-18(2,16-7-4-3-5-8-16)15-19-11-6-12-20-13-9-17(21)10-14-20/h3-5,7-8,17,19,21H,6,9-15H2,1-2H3. The molecule has 118 valence electrons. The Hall–Kier alpha value is -0.900. The summed E-state index contributed by atoms with van der Waals surface area (Å²) in [5.41, 5.74) is 1.57. The zero-order valence-electron chi connectivity index (χ0n) is 13.5. The summed E-state index contributed by atoms with van der Waals surface area (Å²) in [6.45, 7) is 9.91. The molecule has 0 spiro atoms. The highest BCUT2D eigenvalue weighted by molar-refractivity contribution is 5.23. The molecular formula is C18H30N2O. The third-order valence-electron chi connectivity index (χ3n) is 4.51. The highest BCUT2D eigenvalue weighted by atomic mass is 16.3. The molecule has 1 aliphatic rings. The Balaban J connectivity index is 1.61. The normalized spacial score (nSPS) is 18.0. The van der Waals surface area contributed by atoms with Gasteiger partial charge in [0.15, 0.2) is 0 Å². The minimum absolute atomic E-state index is 0.0638. The SMILES string of the molecule is CC(C)(CNCCCN1CCC(O)CC1)c1ccccc1. The molecule has 1 heterocycles. The van der Waals surface area contributed by atoms with E-state index in [4.69, 9.17) is 0 Å². The minimum Gasteiger partial charge on any atom is -0.393 e. The second-order valence-electron chi connectivity index (χ2n) is 6.85. The fourth-order valence-corrected chi connectivity index (χ4v) is 2.96. The van der Waals surface area contributed by atoms with E-state index in [0.29, 0.717) is 0 Å². The van der Waals surface area contributed by atoms with Crippen molar-refractivity contribution in [2.45, 2.75) is 44.6 Å². The van der Waals surface area contributed by atoms with Crippen LogP contribution in [0.15, 0.2) is 30.3 Å². The maximum atomic E-state index is 9.50. The summed E-state index contributed by atoms with van der Waals surface area (Å²) >= 11 is 0. The third kappa shape index (κ3) is 5.42. The van der Waals surface area contributed by atoms with Gasteiger partial charge < -0.3 is 15.3 Å². The quantitative estimate of drug-likeness (QED) is 0.757. The van der Waals surface area contributed by atoms with Crippen molar-refractivity contribution in [3.05, 3.63) is 35.9 Å². The third-order valence-corrected chi connectivity index (χ3v) is 4.51. The van der Waals surface area contributed by atoms with Crippen molar-refractivity contribution in [1.29, 1.82) is 0 Å². The van der Waals surface area contributed by atoms with E-state index in [-0.39, 0.29) is 11.5 Å². The molecule has 0 aliphatic carbocycles. The molecule has 2 rings (SSSR count). The number of aliphatic hydroxyl groups is 1. The maximum Gasteiger partial charge on any atom is 0.0564 e. The Kier molecular flexibility index (Phi) is 6.22. The van der Waals surface area contributed by atoms with Crippen molar-refractivity contribution < 1.29 is 5.11 Å². The lowest BCUT2D eigenvalue weighted by atomic mass is 9.84. The summed E-state index contributed by atoms with van der Waals surface area (Å²) in [5.74, 6) is 0. The number of nitrogens with zero attached hydrogens (tertiary/aromatic N) is 1. The van der Waals surface area contributed by atoms with Crippen LogP contribution < -0.4 is 5.32 Å². The molecule has 0 unspecified atom stereocenters. The lowest BCUT2D eigenvalue weighted by molar-refractivity contribution is 0.0821. The van der Waals surface area contributed by atoms with Crippen LogP contribution in [0, 0.1) is 0 Å². The molecule has 0 amide bonds. The number of aliphatic hydroxyl groups excluding tert-OH is 1. The Morgan fingerprint density at radius 1 is 1.19 bits per heavy atom. The summed E-state index contributed by atoms with van der Waals surface area (Å²) in [4.78, 5) is 2.47. The van der Waals surface area contributed by atoms with Gasteiger partial charge in [-0.25, -0.2) is 0 Å². The first kappa shape index (κ1) is 16.5. The summed E-state index contributed by atoms with van der Waals surface area (Å²) in [5, 5.41) is 13.1. The second-order valence-corrected chi connectivity index (χ2v) is 6.85. The topological polar surface area (TPSA) is 35.5 Å². The number of piperidine rings is 1. The fourth-order valence-electron chi connectivity index (χ4n) is 2.96. The van der Waals surface area contributed by atoms with Crippen molar-refractivity contribution >= 4 is 0 Å². The lowest BCUT2D eigenvalue weighted by Gasteiger charge is -2.30. The molecule has 3 nitrogen and oxygen atoms in total. The van der Waals surface area contributed by atoms with Gasteiger partial charge in [-0.2, -0.15) is 0 Å². The van der Waals surface area contributed by atoms with E-state index < -0.39 is 0 Å². The van der Waals surface area contributed by atoms with Gasteiger partial charge in [-0.05, 0) is 37.9 Å². The van der Waals surface area contributed by atoms with Crippen LogP contribution in [0.2, 0.25) is 0 Å². The summed E-state index contributed by atoms with van der Waals surface area (Å²) in [6, 6.07) is 10.7. The predicted molar refractivity (Wildman–Crippen MR) is 88.6 cm³/mol. The molecule has 0 atom stereocenters. The highest BCUT2D eigenvalue weighted by Crippen LogP contribution is 2.21. The van der Waals surface area contributed by atoms with Crippen LogP contribution in [0.5, 0.6) is 0 Å². The highest BCUT2D eigenvalue weighted by Gasteiger charge is 2.19. The lowest BCUT2D eigenvalue weighted by Crippen LogP contribution is -2.38. The Labute approximate surface area is 129 Å². The Morgan fingerprint density at radius 3 is 2.52 bits per heavy atom. The first-order valence-electron chi connectivity index (χ1n) is 8.24. The number of hydrogen-bond acceptors (Lipinski definition) is 3. The van der Waals surface area contributed by atoms with Crippen LogP contribution >= 0.6 is 0 Å². The average Bonchev–Trinajstić information content (AvgIpc) is 2.50. The molecule has 0 radical (unpaired) electrons. The first-order valence-corrected chi connectivity index (χ1v) is 8.24. The number of nitrogens with one attached hydrogen (secondary N) is 1. The van der Waals surface area contributed by atoms with Gasteiger partial charge in [-0.3, -0.25) is 0 Å². The van der Waals surface area contributed by atoms with Gasteiger partial charge in [0, 0.05) is 25.0 Å².